The molecule has 2 heterocycles. The summed E-state index contributed by atoms with van der Waals surface area (Å²) in [5, 5.41) is 13.9. The molecule has 1 aliphatic heterocycles. The number of hydrogen-bond donors (Lipinski definition) is 4. The Bertz CT molecular complexity index is 1240. The van der Waals surface area contributed by atoms with E-state index in [1.165, 1.54) is 0 Å². The molecular weight excluding hydrogens is 509 g/mol. The molecule has 0 saturated carbocycles. The molecule has 0 radical (unpaired) electrons. The summed E-state index contributed by atoms with van der Waals surface area (Å²) >= 11 is 12.9. The highest BCUT2D eigenvalue weighted by Crippen LogP contribution is 2.30. The Hall–Kier alpha value is -2.72. The fourth-order valence-electron chi connectivity index (χ4n) is 4.17. The third kappa shape index (κ3) is 5.92. The van der Waals surface area contributed by atoms with Crippen LogP contribution in [-0.4, -0.2) is 53.8 Å². The fourth-order valence-corrected chi connectivity index (χ4v) is 5.17. The van der Waals surface area contributed by atoms with Crippen molar-refractivity contribution in [2.75, 3.05) is 26.2 Å². The van der Waals surface area contributed by atoms with Crippen molar-refractivity contribution >= 4 is 63.2 Å². The predicted octanol–water partition coefficient (Wildman–Crippen LogP) is 2.93. The number of aromatic nitrogens is 1. The molecule has 0 spiro atoms. The van der Waals surface area contributed by atoms with E-state index in [2.05, 4.69) is 25.6 Å². The van der Waals surface area contributed by atoms with E-state index in [1.54, 1.807) is 0 Å². The summed E-state index contributed by atoms with van der Waals surface area (Å²) in [6.45, 7) is 1.64. The third-order valence-electron chi connectivity index (χ3n) is 6.02. The molecule has 0 atom stereocenters. The van der Waals surface area contributed by atoms with Crippen molar-refractivity contribution < 1.29 is 14.4 Å². The van der Waals surface area contributed by atoms with Gasteiger partial charge in [-0.05, 0) is 53.8 Å². The average Bonchev–Trinajstić information content (AvgIpc) is 3.20. The Labute approximate surface area is 216 Å². The predicted molar refractivity (Wildman–Crippen MR) is 138 cm³/mol. The van der Waals surface area contributed by atoms with Gasteiger partial charge in [-0.25, -0.2) is 0 Å². The molecule has 2 aromatic carbocycles. The fraction of sp³-hybridized carbons (Fsp3) is 0.333. The first-order valence-electron chi connectivity index (χ1n) is 11.3. The molecule has 3 aromatic rings. The first-order chi connectivity index (χ1) is 16.9. The molecule has 1 aromatic heterocycles. The number of nitrogens with one attached hydrogen (secondary N) is 4. The zero-order valence-corrected chi connectivity index (χ0v) is 21.2. The van der Waals surface area contributed by atoms with Gasteiger partial charge in [0, 0.05) is 13.1 Å². The monoisotopic (exact) mass is 533 g/mol. The Morgan fingerprint density at radius 2 is 1.71 bits per heavy atom. The molecule has 184 valence electrons. The maximum atomic E-state index is 13.1. The van der Waals surface area contributed by atoms with Crippen LogP contribution < -0.4 is 21.3 Å². The number of halogens is 2. The molecule has 11 heteroatoms. The van der Waals surface area contributed by atoms with Gasteiger partial charge >= 0.3 is 0 Å². The number of amides is 3. The number of piperidine rings is 1. The van der Waals surface area contributed by atoms with Gasteiger partial charge in [0.05, 0.1) is 6.42 Å². The summed E-state index contributed by atoms with van der Waals surface area (Å²) in [5.41, 5.74) is -0.149. The smallest absolute Gasteiger partial charge is 0.273 e. The van der Waals surface area contributed by atoms with Crippen LogP contribution in [0.2, 0.25) is 9.36 Å². The van der Waals surface area contributed by atoms with Gasteiger partial charge in [-0.1, -0.05) is 65.7 Å². The van der Waals surface area contributed by atoms with Crippen LogP contribution in [0, 0.1) is 0 Å². The number of carbonyl (C=O) groups excluding carboxylic acids is 3. The van der Waals surface area contributed by atoms with Gasteiger partial charge in [-0.15, -0.1) is 0 Å². The minimum Gasteiger partial charge on any atom is -0.354 e. The van der Waals surface area contributed by atoms with E-state index >= 15 is 0 Å². The van der Waals surface area contributed by atoms with Gasteiger partial charge in [0.1, 0.15) is 14.9 Å². The van der Waals surface area contributed by atoms with Crippen LogP contribution in [0.1, 0.15) is 28.9 Å². The molecule has 4 N–H and O–H groups in total. The number of nitrogens with zero attached hydrogens (tertiary/aromatic N) is 1. The van der Waals surface area contributed by atoms with Crippen molar-refractivity contribution in [1.82, 2.24) is 25.6 Å². The van der Waals surface area contributed by atoms with Gasteiger partial charge in [0.15, 0.2) is 5.69 Å². The first-order valence-corrected chi connectivity index (χ1v) is 12.8. The lowest BCUT2D eigenvalue weighted by Crippen LogP contribution is -2.63. The maximum absolute atomic E-state index is 13.1. The van der Waals surface area contributed by atoms with Crippen LogP contribution >= 0.6 is 34.7 Å². The zero-order chi connectivity index (χ0) is 24.8. The van der Waals surface area contributed by atoms with Crippen molar-refractivity contribution in [2.24, 2.45) is 0 Å². The summed E-state index contributed by atoms with van der Waals surface area (Å²) in [7, 11) is 0. The van der Waals surface area contributed by atoms with Gasteiger partial charge in [-0.3, -0.25) is 14.4 Å². The zero-order valence-electron chi connectivity index (χ0n) is 18.8. The van der Waals surface area contributed by atoms with Gasteiger partial charge in [0.2, 0.25) is 11.8 Å². The highest BCUT2D eigenvalue weighted by atomic mass is 35.5. The second-order valence-electron chi connectivity index (χ2n) is 8.33. The van der Waals surface area contributed by atoms with Gasteiger partial charge in [-0.2, -0.15) is 4.37 Å². The van der Waals surface area contributed by atoms with Crippen molar-refractivity contribution in [3.63, 3.8) is 0 Å². The second kappa shape index (κ2) is 11.3. The molecule has 1 aliphatic rings. The molecule has 4 rings (SSSR count). The van der Waals surface area contributed by atoms with Crippen molar-refractivity contribution in [2.45, 2.75) is 24.8 Å². The Morgan fingerprint density at radius 3 is 2.46 bits per heavy atom. The minimum absolute atomic E-state index is 0.00748. The van der Waals surface area contributed by atoms with E-state index in [9.17, 15) is 14.4 Å². The second-order valence-corrected chi connectivity index (χ2v) is 10.1. The van der Waals surface area contributed by atoms with Gasteiger partial charge < -0.3 is 21.3 Å². The molecule has 8 nitrogen and oxygen atoms in total. The van der Waals surface area contributed by atoms with E-state index in [1.807, 2.05) is 42.5 Å². The van der Waals surface area contributed by atoms with E-state index in [0.717, 1.165) is 27.9 Å². The Balaban J connectivity index is 1.31. The lowest BCUT2D eigenvalue weighted by atomic mass is 9.87. The largest absolute Gasteiger partial charge is 0.354 e. The minimum atomic E-state index is -1.10. The molecule has 1 saturated heterocycles. The van der Waals surface area contributed by atoms with Crippen LogP contribution in [-0.2, 0) is 16.0 Å². The standard InChI is InChI=1S/C24H25Cl2N5O3S/c25-19-20(31-35-21(19)26)22(33)30-24(8-10-27-11-9-24)23(34)29-13-12-28-18(32)14-16-6-3-5-15-4-1-2-7-17(15)16/h1-7,27H,8-14H2,(H,28,32)(H,29,34)(H,30,33). The van der Waals surface area contributed by atoms with E-state index in [-0.39, 0.29) is 46.4 Å². The van der Waals surface area contributed by atoms with Crippen molar-refractivity contribution in [3.8, 4) is 0 Å². The number of rotatable bonds is 8. The quantitative estimate of drug-likeness (QED) is 0.332. The Kier molecular flexibility index (Phi) is 8.22. The highest BCUT2D eigenvalue weighted by molar-refractivity contribution is 7.11. The lowest BCUT2D eigenvalue weighted by molar-refractivity contribution is -0.128. The number of fused-ring (bicyclic) bond motifs is 1. The van der Waals surface area contributed by atoms with E-state index in [4.69, 9.17) is 23.2 Å². The summed E-state index contributed by atoms with van der Waals surface area (Å²) < 4.78 is 4.21. The average molecular weight is 534 g/mol. The lowest BCUT2D eigenvalue weighted by Gasteiger charge is -2.36. The van der Waals surface area contributed by atoms with E-state index in [0.29, 0.717) is 25.9 Å². The molecule has 1 fully saturated rings. The molecule has 0 bridgehead atoms. The molecule has 35 heavy (non-hydrogen) atoms. The van der Waals surface area contributed by atoms with Crippen molar-refractivity contribution in [1.29, 1.82) is 0 Å². The van der Waals surface area contributed by atoms with Crippen LogP contribution in [0.25, 0.3) is 10.8 Å². The molecule has 3 amide bonds. The molecular formula is C24H25Cl2N5O3S. The third-order valence-corrected chi connectivity index (χ3v) is 7.63. The van der Waals surface area contributed by atoms with Crippen LogP contribution in [0.15, 0.2) is 42.5 Å². The van der Waals surface area contributed by atoms with Crippen LogP contribution in [0.5, 0.6) is 0 Å². The number of benzene rings is 2. The topological polar surface area (TPSA) is 112 Å². The highest BCUT2D eigenvalue weighted by Gasteiger charge is 2.41. The van der Waals surface area contributed by atoms with Crippen LogP contribution in [0.3, 0.4) is 0 Å². The van der Waals surface area contributed by atoms with Gasteiger partial charge in [0.25, 0.3) is 5.91 Å². The SMILES string of the molecule is O=C(Cc1cccc2ccccc12)NCCNC(=O)C1(NC(=O)c2nsc(Cl)c2Cl)CCNCC1. The summed E-state index contributed by atoms with van der Waals surface area (Å²) in [6.07, 6.45) is 1.07. The first kappa shape index (κ1) is 25.4. The summed E-state index contributed by atoms with van der Waals surface area (Å²) in [5.74, 6) is -0.984. The summed E-state index contributed by atoms with van der Waals surface area (Å²) in [6, 6.07) is 13.8. The molecule has 0 unspecified atom stereocenters. The Morgan fingerprint density at radius 1 is 1.00 bits per heavy atom. The number of hydrogen-bond acceptors (Lipinski definition) is 6. The van der Waals surface area contributed by atoms with Crippen LogP contribution in [0.4, 0.5) is 0 Å². The molecule has 0 aliphatic carbocycles. The number of carbonyl (C=O) groups is 3. The normalized spacial score (nSPS) is 14.9. The summed E-state index contributed by atoms with van der Waals surface area (Å²) in [4.78, 5) is 38.4. The maximum Gasteiger partial charge on any atom is 0.273 e. The van der Waals surface area contributed by atoms with E-state index < -0.39 is 11.4 Å². The van der Waals surface area contributed by atoms with Crippen molar-refractivity contribution in [3.05, 3.63) is 63.1 Å².